The van der Waals surface area contributed by atoms with Crippen molar-refractivity contribution in [2.24, 2.45) is 5.14 Å². The van der Waals surface area contributed by atoms with Gasteiger partial charge in [-0.15, -0.1) is 0 Å². The molecular formula is C11H18N2O5S2. The maximum Gasteiger partial charge on any atom is 0.240 e. The molecule has 0 spiro atoms. The Balaban J connectivity index is 2.83. The van der Waals surface area contributed by atoms with Gasteiger partial charge in [0.25, 0.3) is 0 Å². The molecule has 1 rings (SSSR count). The highest BCUT2D eigenvalue weighted by molar-refractivity contribution is 7.89. The summed E-state index contributed by atoms with van der Waals surface area (Å²) in [4.78, 5) is -0.173. The molecule has 20 heavy (non-hydrogen) atoms. The van der Waals surface area contributed by atoms with E-state index in [4.69, 9.17) is 9.88 Å². The Bertz CT molecular complexity index is 638. The molecule has 3 N–H and O–H groups in total. The van der Waals surface area contributed by atoms with Gasteiger partial charge in [-0.3, -0.25) is 0 Å². The minimum Gasteiger partial charge on any atom is -0.377 e. The lowest BCUT2D eigenvalue weighted by Gasteiger charge is -2.13. The van der Waals surface area contributed by atoms with Crippen LogP contribution in [0.3, 0.4) is 0 Å². The number of benzene rings is 1. The largest absolute Gasteiger partial charge is 0.377 e. The average Bonchev–Trinajstić information content (AvgIpc) is 2.36. The molecule has 0 saturated heterocycles. The van der Waals surface area contributed by atoms with Crippen LogP contribution in [0.25, 0.3) is 0 Å². The minimum absolute atomic E-state index is 0.0337. The summed E-state index contributed by atoms with van der Waals surface area (Å²) in [5.74, 6) is 0. The summed E-state index contributed by atoms with van der Waals surface area (Å²) in [7, 11) is -7.53. The lowest BCUT2D eigenvalue weighted by atomic mass is 10.4. The predicted octanol–water partition coefficient (Wildman–Crippen LogP) is 0.0373. The highest BCUT2D eigenvalue weighted by atomic mass is 32.2. The van der Waals surface area contributed by atoms with E-state index in [2.05, 4.69) is 4.72 Å². The molecule has 0 aliphatic rings. The van der Waals surface area contributed by atoms with Crippen molar-refractivity contribution < 1.29 is 21.6 Å². The third-order valence-electron chi connectivity index (χ3n) is 2.47. The van der Waals surface area contributed by atoms with Crippen LogP contribution in [0.5, 0.6) is 0 Å². The van der Waals surface area contributed by atoms with Crippen molar-refractivity contribution in [3.8, 4) is 0 Å². The minimum atomic E-state index is -3.83. The van der Waals surface area contributed by atoms with Gasteiger partial charge in [0.15, 0.2) is 0 Å². The lowest BCUT2D eigenvalue weighted by molar-refractivity contribution is 0.0799. The van der Waals surface area contributed by atoms with E-state index in [1.54, 1.807) is 6.92 Å². The third-order valence-corrected chi connectivity index (χ3v) is 4.84. The molecule has 0 aromatic heterocycles. The Hall–Kier alpha value is -1.00. The average molecular weight is 322 g/mol. The van der Waals surface area contributed by atoms with E-state index in [0.717, 1.165) is 12.1 Å². The number of hydrogen-bond donors (Lipinski definition) is 2. The Morgan fingerprint density at radius 3 is 2.10 bits per heavy atom. The highest BCUT2D eigenvalue weighted by Crippen LogP contribution is 2.13. The normalized spacial score (nSPS) is 14.2. The summed E-state index contributed by atoms with van der Waals surface area (Å²) in [6.07, 6.45) is -0.251. The molecule has 0 aliphatic carbocycles. The second kappa shape index (κ2) is 6.64. The molecule has 0 bridgehead atoms. The second-order valence-corrected chi connectivity index (χ2v) is 7.46. The van der Waals surface area contributed by atoms with Crippen molar-refractivity contribution >= 4 is 20.0 Å². The maximum absolute atomic E-state index is 12.0. The molecule has 1 aromatic rings. The van der Waals surface area contributed by atoms with Gasteiger partial charge < -0.3 is 4.74 Å². The Morgan fingerprint density at radius 1 is 1.15 bits per heavy atom. The lowest BCUT2D eigenvalue weighted by Crippen LogP contribution is -2.32. The molecule has 1 unspecified atom stereocenters. The number of nitrogens with one attached hydrogen (secondary N) is 1. The van der Waals surface area contributed by atoms with E-state index < -0.39 is 20.0 Å². The van der Waals surface area contributed by atoms with Crippen LogP contribution in [0, 0.1) is 0 Å². The molecule has 7 nitrogen and oxygen atoms in total. The van der Waals surface area contributed by atoms with Crippen LogP contribution in [0.2, 0.25) is 0 Å². The van der Waals surface area contributed by atoms with Crippen molar-refractivity contribution in [1.29, 1.82) is 0 Å². The molecule has 0 radical (unpaired) electrons. The van der Waals surface area contributed by atoms with Crippen LogP contribution in [-0.2, 0) is 24.8 Å². The smallest absolute Gasteiger partial charge is 0.240 e. The maximum atomic E-state index is 12.0. The van der Waals surface area contributed by atoms with Gasteiger partial charge in [-0.25, -0.2) is 26.7 Å². The fourth-order valence-electron chi connectivity index (χ4n) is 1.46. The van der Waals surface area contributed by atoms with Crippen LogP contribution in [0.4, 0.5) is 0 Å². The quantitative estimate of drug-likeness (QED) is 0.735. The monoisotopic (exact) mass is 322 g/mol. The summed E-state index contributed by atoms with van der Waals surface area (Å²) < 4.78 is 53.7. The van der Waals surface area contributed by atoms with Gasteiger partial charge in [-0.2, -0.15) is 0 Å². The van der Waals surface area contributed by atoms with Crippen molar-refractivity contribution in [1.82, 2.24) is 4.72 Å². The van der Waals surface area contributed by atoms with Crippen molar-refractivity contribution in [2.75, 3.05) is 13.2 Å². The first kappa shape index (κ1) is 17.1. The van der Waals surface area contributed by atoms with Crippen LogP contribution in [-0.4, -0.2) is 36.1 Å². The van der Waals surface area contributed by atoms with E-state index in [9.17, 15) is 16.8 Å². The fourth-order valence-corrected chi connectivity index (χ4v) is 3.09. The van der Waals surface area contributed by atoms with Crippen molar-refractivity contribution in [3.05, 3.63) is 24.3 Å². The Morgan fingerprint density at radius 2 is 1.65 bits per heavy atom. The zero-order valence-electron chi connectivity index (χ0n) is 11.2. The third kappa shape index (κ3) is 4.84. The highest BCUT2D eigenvalue weighted by Gasteiger charge is 2.16. The predicted molar refractivity (Wildman–Crippen MR) is 74.1 cm³/mol. The first-order valence-corrected chi connectivity index (χ1v) is 8.94. The molecule has 1 atom stereocenters. The zero-order chi connectivity index (χ0) is 15.4. The van der Waals surface area contributed by atoms with Crippen molar-refractivity contribution in [3.63, 3.8) is 0 Å². The molecule has 0 saturated carbocycles. The van der Waals surface area contributed by atoms with E-state index >= 15 is 0 Å². The molecule has 114 valence electrons. The molecule has 0 fully saturated rings. The molecular weight excluding hydrogens is 304 g/mol. The number of nitrogens with two attached hydrogens (primary N) is 1. The standard InChI is InChI=1S/C11H18N2O5S2/c1-3-18-9(2)8-13-20(16,17)11-6-4-10(5-7-11)19(12,14)15/h4-7,9,13H,3,8H2,1-2H3,(H2,12,14,15). The van der Waals surface area contributed by atoms with E-state index in [0.29, 0.717) is 6.61 Å². The van der Waals surface area contributed by atoms with Gasteiger partial charge in [0, 0.05) is 13.2 Å². The first-order valence-electron chi connectivity index (χ1n) is 5.91. The molecule has 0 heterocycles. The first-order chi connectivity index (χ1) is 9.16. The van der Waals surface area contributed by atoms with Crippen LogP contribution in [0.15, 0.2) is 34.1 Å². The van der Waals surface area contributed by atoms with Gasteiger partial charge in [0.05, 0.1) is 15.9 Å². The van der Waals surface area contributed by atoms with Crippen LogP contribution in [0.1, 0.15) is 13.8 Å². The Kier molecular flexibility index (Phi) is 5.66. The van der Waals surface area contributed by atoms with E-state index in [-0.39, 0.29) is 22.4 Å². The second-order valence-electron chi connectivity index (χ2n) is 4.13. The molecule has 1 aromatic carbocycles. The summed E-state index contributed by atoms with van der Waals surface area (Å²) in [5.41, 5.74) is 0. The van der Waals surface area contributed by atoms with Gasteiger partial charge in [0.2, 0.25) is 20.0 Å². The van der Waals surface area contributed by atoms with Crippen molar-refractivity contribution in [2.45, 2.75) is 29.7 Å². The molecule has 0 amide bonds. The number of primary sulfonamides is 1. The topological polar surface area (TPSA) is 116 Å². The number of ether oxygens (including phenoxy) is 1. The SMILES string of the molecule is CCOC(C)CNS(=O)(=O)c1ccc(S(N)(=O)=O)cc1. The fraction of sp³-hybridized carbons (Fsp3) is 0.455. The zero-order valence-corrected chi connectivity index (χ0v) is 12.9. The molecule has 9 heteroatoms. The number of rotatable bonds is 7. The Labute approximate surface area is 119 Å². The number of sulfonamides is 2. The van der Waals surface area contributed by atoms with Gasteiger partial charge in [-0.1, -0.05) is 0 Å². The van der Waals surface area contributed by atoms with Crippen LogP contribution >= 0.6 is 0 Å². The van der Waals surface area contributed by atoms with E-state index in [1.165, 1.54) is 12.1 Å². The summed E-state index contributed by atoms with van der Waals surface area (Å²) >= 11 is 0. The van der Waals surface area contributed by atoms with E-state index in [1.807, 2.05) is 6.92 Å². The summed E-state index contributed by atoms with van der Waals surface area (Å²) in [5, 5.41) is 4.94. The van der Waals surface area contributed by atoms with Gasteiger partial charge in [-0.05, 0) is 38.1 Å². The summed E-state index contributed by atoms with van der Waals surface area (Å²) in [6, 6.07) is 4.67. The van der Waals surface area contributed by atoms with Gasteiger partial charge in [0.1, 0.15) is 0 Å². The van der Waals surface area contributed by atoms with Crippen LogP contribution < -0.4 is 9.86 Å². The number of hydrogen-bond acceptors (Lipinski definition) is 5. The van der Waals surface area contributed by atoms with Gasteiger partial charge >= 0.3 is 0 Å². The summed E-state index contributed by atoms with van der Waals surface area (Å²) in [6.45, 7) is 4.19. The molecule has 0 aliphatic heterocycles.